The van der Waals surface area contributed by atoms with Crippen LogP contribution in [0.25, 0.3) is 10.1 Å². The van der Waals surface area contributed by atoms with Crippen molar-refractivity contribution in [3.63, 3.8) is 0 Å². The van der Waals surface area contributed by atoms with Gasteiger partial charge in [0, 0.05) is 55.4 Å². The highest BCUT2D eigenvalue weighted by atomic mass is 32.1. The number of rotatable bonds is 3. The number of amides is 3. The summed E-state index contributed by atoms with van der Waals surface area (Å²) in [5.74, 6) is 0.0767. The molecule has 1 saturated carbocycles. The third-order valence-electron chi connectivity index (χ3n) is 7.80. The summed E-state index contributed by atoms with van der Waals surface area (Å²) in [6.45, 7) is 9.94. The van der Waals surface area contributed by atoms with Gasteiger partial charge in [0.1, 0.15) is 12.0 Å². The van der Waals surface area contributed by atoms with Gasteiger partial charge in [0.15, 0.2) is 0 Å². The molecule has 6 rings (SSSR count). The number of hydrogen-bond donors (Lipinski definition) is 0. The van der Waals surface area contributed by atoms with Crippen LogP contribution in [-0.4, -0.2) is 87.6 Å². The summed E-state index contributed by atoms with van der Waals surface area (Å²) in [7, 11) is 0. The van der Waals surface area contributed by atoms with Gasteiger partial charge in [0.05, 0.1) is 10.7 Å². The van der Waals surface area contributed by atoms with Crippen LogP contribution in [0.1, 0.15) is 50.5 Å². The zero-order chi connectivity index (χ0) is 23.3. The van der Waals surface area contributed by atoms with Crippen LogP contribution in [0.5, 0.6) is 0 Å². The highest BCUT2D eigenvalue weighted by Crippen LogP contribution is 2.52. The number of anilines is 1. The van der Waals surface area contributed by atoms with Gasteiger partial charge in [0.25, 0.3) is 5.91 Å². The summed E-state index contributed by atoms with van der Waals surface area (Å²) in [6.07, 6.45) is 4.30. The van der Waals surface area contributed by atoms with Gasteiger partial charge in [-0.05, 0) is 69.8 Å². The summed E-state index contributed by atoms with van der Waals surface area (Å²) in [5.41, 5.74) is 1.73. The average molecular weight is 470 g/mol. The molecule has 1 aromatic carbocycles. The Labute approximate surface area is 198 Å². The van der Waals surface area contributed by atoms with E-state index in [-0.39, 0.29) is 23.5 Å². The molecule has 0 radical (unpaired) electrons. The number of carbonyl (C=O) groups is 3. The van der Waals surface area contributed by atoms with Crippen molar-refractivity contribution in [1.29, 1.82) is 0 Å². The lowest BCUT2D eigenvalue weighted by Gasteiger charge is -2.68. The lowest BCUT2D eigenvalue weighted by Crippen LogP contribution is -2.79. The molecule has 2 unspecified atom stereocenters. The van der Waals surface area contributed by atoms with Crippen LogP contribution in [0.4, 0.5) is 10.5 Å². The van der Waals surface area contributed by atoms with E-state index in [1.807, 2.05) is 41.8 Å². The number of fused-ring (bicyclic) bond motifs is 1. The molecule has 176 valence electrons. The van der Waals surface area contributed by atoms with Gasteiger partial charge < -0.3 is 14.6 Å². The summed E-state index contributed by atoms with van der Waals surface area (Å²) in [4.78, 5) is 43.3. The molecule has 2 aromatic rings. The van der Waals surface area contributed by atoms with E-state index in [0.29, 0.717) is 18.3 Å². The summed E-state index contributed by atoms with van der Waals surface area (Å²) in [5, 5.41) is 0.908. The van der Waals surface area contributed by atoms with Crippen molar-refractivity contribution in [2.45, 2.75) is 57.7 Å². The molecule has 8 nitrogen and oxygen atoms in total. The first-order chi connectivity index (χ1) is 15.9. The van der Waals surface area contributed by atoms with Crippen molar-refractivity contribution in [3.05, 3.63) is 23.9 Å². The fourth-order valence-corrected chi connectivity index (χ4v) is 6.69. The Morgan fingerprint density at radius 1 is 1.18 bits per heavy atom. The molecule has 0 bridgehead atoms. The van der Waals surface area contributed by atoms with Crippen molar-refractivity contribution in [2.75, 3.05) is 37.6 Å². The second kappa shape index (κ2) is 8.36. The molecule has 3 saturated heterocycles. The van der Waals surface area contributed by atoms with Gasteiger partial charge in [-0.2, -0.15) is 4.37 Å². The topological polar surface area (TPSA) is 77.1 Å². The summed E-state index contributed by atoms with van der Waals surface area (Å²) in [6, 6.07) is 6.56. The zero-order valence-corrected chi connectivity index (χ0v) is 20.3. The van der Waals surface area contributed by atoms with E-state index in [1.54, 1.807) is 0 Å². The Balaban J connectivity index is 0.000000724. The molecular weight excluding hydrogens is 438 g/mol. The summed E-state index contributed by atoms with van der Waals surface area (Å²) >= 11 is 1.36. The van der Waals surface area contributed by atoms with Crippen molar-refractivity contribution in [1.82, 2.24) is 19.1 Å². The van der Waals surface area contributed by atoms with E-state index < -0.39 is 0 Å². The van der Waals surface area contributed by atoms with Gasteiger partial charge in [-0.15, -0.1) is 0 Å². The van der Waals surface area contributed by atoms with E-state index in [0.717, 1.165) is 48.1 Å². The first-order valence-electron chi connectivity index (χ1n) is 11.8. The summed E-state index contributed by atoms with van der Waals surface area (Å²) < 4.78 is 5.54. The highest BCUT2D eigenvalue weighted by Gasteiger charge is 2.61. The first kappa shape index (κ1) is 22.3. The minimum atomic E-state index is 0.0545. The van der Waals surface area contributed by atoms with Gasteiger partial charge >= 0.3 is 6.03 Å². The average Bonchev–Trinajstić information content (AvgIpc) is 3.33. The molecular formula is C24H31N5O3S. The minimum Gasteiger partial charge on any atom is -0.331 e. The number of hydrogen-bond acceptors (Lipinski definition) is 6. The standard InChI is InChI=1S/C22H27N5O2S.C2H4O/c1-14(2)25-11-12-26(21(25)29)15-3-4-16-17(13-15)30-23-19(16)20(28)27-10-9-24-8-7-22(24)6-5-18(22)27;1-2-3/h3-4,13-14,18H,5-12H2,1-2H3;2H,1H3. The maximum Gasteiger partial charge on any atom is 0.324 e. The van der Waals surface area contributed by atoms with Crippen LogP contribution in [0.3, 0.4) is 0 Å². The molecule has 0 N–H and O–H groups in total. The van der Waals surface area contributed by atoms with E-state index in [9.17, 15) is 9.59 Å². The Morgan fingerprint density at radius 2 is 1.97 bits per heavy atom. The van der Waals surface area contributed by atoms with E-state index in [2.05, 4.69) is 14.2 Å². The van der Waals surface area contributed by atoms with E-state index in [1.165, 1.54) is 37.8 Å². The first-order valence-corrected chi connectivity index (χ1v) is 12.6. The molecule has 1 aromatic heterocycles. The van der Waals surface area contributed by atoms with Gasteiger partial charge in [-0.3, -0.25) is 14.6 Å². The van der Waals surface area contributed by atoms with Crippen molar-refractivity contribution in [3.8, 4) is 0 Å². The normalized spacial score (nSPS) is 26.4. The lowest BCUT2D eigenvalue weighted by molar-refractivity contribution is -0.161. The number of nitrogens with zero attached hydrogens (tertiary/aromatic N) is 5. The molecule has 3 amide bonds. The fourth-order valence-electron chi connectivity index (χ4n) is 5.89. The zero-order valence-electron chi connectivity index (χ0n) is 19.5. The molecule has 1 spiro atoms. The van der Waals surface area contributed by atoms with Crippen LogP contribution in [0, 0.1) is 0 Å². The van der Waals surface area contributed by atoms with Gasteiger partial charge in [0.2, 0.25) is 0 Å². The molecule has 4 fully saturated rings. The van der Waals surface area contributed by atoms with Gasteiger partial charge in [-0.25, -0.2) is 4.79 Å². The van der Waals surface area contributed by atoms with Gasteiger partial charge in [-0.1, -0.05) is 0 Å². The van der Waals surface area contributed by atoms with Crippen LogP contribution >= 0.6 is 11.5 Å². The van der Waals surface area contributed by atoms with Crippen molar-refractivity contribution < 1.29 is 14.4 Å². The SMILES string of the molecule is CC(C)N1CCN(c2ccc3c(C(=O)N4CCN5CCC56CCC46)nsc3c2)C1=O.CC=O. The number of aldehydes is 1. The molecule has 4 heterocycles. The highest BCUT2D eigenvalue weighted by molar-refractivity contribution is 7.13. The number of carbonyl (C=O) groups excluding carboxylic acids is 3. The number of benzene rings is 1. The maximum atomic E-state index is 13.4. The molecule has 3 aliphatic heterocycles. The Morgan fingerprint density at radius 3 is 2.58 bits per heavy atom. The Bertz CT molecular complexity index is 1100. The van der Waals surface area contributed by atoms with Crippen molar-refractivity contribution >= 4 is 45.5 Å². The van der Waals surface area contributed by atoms with Crippen LogP contribution in [0.15, 0.2) is 18.2 Å². The minimum absolute atomic E-state index is 0.0545. The molecule has 33 heavy (non-hydrogen) atoms. The van der Waals surface area contributed by atoms with E-state index in [4.69, 9.17) is 4.79 Å². The third-order valence-corrected chi connectivity index (χ3v) is 8.61. The van der Waals surface area contributed by atoms with Crippen LogP contribution in [0.2, 0.25) is 0 Å². The van der Waals surface area contributed by atoms with E-state index >= 15 is 0 Å². The second-order valence-corrected chi connectivity index (χ2v) is 10.4. The maximum absolute atomic E-state index is 13.4. The second-order valence-electron chi connectivity index (χ2n) is 9.56. The largest absolute Gasteiger partial charge is 0.331 e. The van der Waals surface area contributed by atoms with Crippen LogP contribution < -0.4 is 4.90 Å². The van der Waals surface area contributed by atoms with Crippen molar-refractivity contribution in [2.24, 2.45) is 0 Å². The smallest absolute Gasteiger partial charge is 0.324 e. The quantitative estimate of drug-likeness (QED) is 0.645. The Hall–Kier alpha value is -2.52. The Kier molecular flexibility index (Phi) is 5.64. The van der Waals surface area contributed by atoms with Crippen LogP contribution in [-0.2, 0) is 4.79 Å². The number of aromatic nitrogens is 1. The monoisotopic (exact) mass is 469 g/mol. The molecule has 9 heteroatoms. The molecule has 1 aliphatic carbocycles. The lowest BCUT2D eigenvalue weighted by atomic mass is 9.61. The molecule has 2 atom stereocenters. The predicted molar refractivity (Wildman–Crippen MR) is 129 cm³/mol. The third kappa shape index (κ3) is 3.35. The number of urea groups is 1. The predicted octanol–water partition coefficient (Wildman–Crippen LogP) is 3.21. The fraction of sp³-hybridized carbons (Fsp3) is 0.583. The molecule has 4 aliphatic rings. The number of piperazine rings is 1.